The second kappa shape index (κ2) is 3.74. The Hall–Kier alpha value is -1.34. The van der Waals surface area contributed by atoms with Crippen molar-refractivity contribution in [3.8, 4) is 12.3 Å². The van der Waals surface area contributed by atoms with Gasteiger partial charge in [0.1, 0.15) is 12.4 Å². The minimum atomic E-state index is -0.150. The lowest BCUT2D eigenvalue weighted by molar-refractivity contribution is 0.632. The van der Waals surface area contributed by atoms with Gasteiger partial charge in [-0.2, -0.15) is 5.10 Å². The number of hydrogen-bond acceptors (Lipinski definition) is 3. The Kier molecular flexibility index (Phi) is 2.64. The topological polar surface area (TPSA) is 53.6 Å². The molecule has 1 atom stereocenters. The van der Waals surface area contributed by atoms with Crippen LogP contribution in [0.5, 0.6) is 0 Å². The molecule has 4 nitrogen and oxygen atoms in total. The first-order valence-electron chi connectivity index (χ1n) is 3.43. The van der Waals surface area contributed by atoms with Crippen LogP contribution in [-0.4, -0.2) is 21.7 Å². The summed E-state index contributed by atoms with van der Waals surface area (Å²) in [5.41, 5.74) is 0. The minimum absolute atomic E-state index is 0.150. The lowest BCUT2D eigenvalue weighted by Crippen LogP contribution is -2.20. The maximum Gasteiger partial charge on any atom is 0.153 e. The molecule has 0 aliphatic rings. The molecule has 1 unspecified atom stereocenters. The Morgan fingerprint density at radius 1 is 1.91 bits per heavy atom. The zero-order valence-corrected chi connectivity index (χ0v) is 6.33. The molecule has 1 aromatic rings. The molecule has 0 spiro atoms. The molecular formula is C7H10N4. The van der Waals surface area contributed by atoms with Crippen LogP contribution in [0.15, 0.2) is 6.33 Å². The Labute approximate surface area is 65.4 Å². The fourth-order valence-electron chi connectivity index (χ4n) is 0.793. The maximum atomic E-state index is 5.25. The summed E-state index contributed by atoms with van der Waals surface area (Å²) in [6, 6.07) is -0.150. The van der Waals surface area contributed by atoms with Crippen LogP contribution in [0, 0.1) is 12.3 Å². The predicted molar refractivity (Wildman–Crippen MR) is 41.6 cm³/mol. The van der Waals surface area contributed by atoms with E-state index in [1.54, 1.807) is 0 Å². The van der Waals surface area contributed by atoms with Crippen molar-refractivity contribution in [1.82, 2.24) is 20.5 Å². The molecule has 0 bridgehead atoms. The average Bonchev–Trinajstić information content (AvgIpc) is 2.52. The van der Waals surface area contributed by atoms with Gasteiger partial charge in [0, 0.05) is 0 Å². The zero-order chi connectivity index (χ0) is 8.10. The van der Waals surface area contributed by atoms with Gasteiger partial charge in [-0.1, -0.05) is 12.8 Å². The van der Waals surface area contributed by atoms with Gasteiger partial charge in [-0.05, 0) is 6.54 Å². The Morgan fingerprint density at radius 3 is 3.18 bits per heavy atom. The van der Waals surface area contributed by atoms with Gasteiger partial charge < -0.3 is 0 Å². The summed E-state index contributed by atoms with van der Waals surface area (Å²) in [5, 5.41) is 9.47. The number of rotatable bonds is 3. The molecule has 0 aromatic carbocycles. The monoisotopic (exact) mass is 150 g/mol. The predicted octanol–water partition coefficient (Wildman–Crippen LogP) is 0.0885. The largest absolute Gasteiger partial charge is 0.298 e. The maximum absolute atomic E-state index is 5.25. The number of aromatic nitrogens is 3. The van der Waals surface area contributed by atoms with Crippen LogP contribution in [0.3, 0.4) is 0 Å². The number of aromatic amines is 1. The van der Waals surface area contributed by atoms with Crippen LogP contribution in [0.4, 0.5) is 0 Å². The van der Waals surface area contributed by atoms with Gasteiger partial charge in [-0.3, -0.25) is 10.4 Å². The van der Waals surface area contributed by atoms with Crippen LogP contribution >= 0.6 is 0 Å². The van der Waals surface area contributed by atoms with Crippen molar-refractivity contribution < 1.29 is 0 Å². The highest BCUT2D eigenvalue weighted by molar-refractivity contribution is 5.08. The van der Waals surface area contributed by atoms with E-state index in [1.165, 1.54) is 6.33 Å². The summed E-state index contributed by atoms with van der Waals surface area (Å²) in [7, 11) is 0. The SMILES string of the molecule is C#CC(NCC)c1ncn[nH]1. The fourth-order valence-corrected chi connectivity index (χ4v) is 0.793. The fraction of sp³-hybridized carbons (Fsp3) is 0.429. The lowest BCUT2D eigenvalue weighted by atomic mass is 10.3. The highest BCUT2D eigenvalue weighted by atomic mass is 15.2. The summed E-state index contributed by atoms with van der Waals surface area (Å²) < 4.78 is 0. The van der Waals surface area contributed by atoms with Crippen molar-refractivity contribution >= 4 is 0 Å². The average molecular weight is 150 g/mol. The van der Waals surface area contributed by atoms with Crippen LogP contribution in [0.25, 0.3) is 0 Å². The standard InChI is InChI=1S/C7H10N4/c1-3-6(8-4-2)7-9-5-10-11-7/h1,5-6,8H,4H2,2H3,(H,9,10,11). The van der Waals surface area contributed by atoms with Crippen molar-refractivity contribution in [2.75, 3.05) is 6.54 Å². The second-order valence-electron chi connectivity index (χ2n) is 2.03. The van der Waals surface area contributed by atoms with Crippen molar-refractivity contribution in [1.29, 1.82) is 0 Å². The van der Waals surface area contributed by atoms with Crippen LogP contribution in [-0.2, 0) is 0 Å². The second-order valence-corrected chi connectivity index (χ2v) is 2.03. The summed E-state index contributed by atoms with van der Waals surface area (Å²) in [4.78, 5) is 3.93. The van der Waals surface area contributed by atoms with Gasteiger partial charge in [0.05, 0.1) is 0 Å². The Morgan fingerprint density at radius 2 is 2.73 bits per heavy atom. The van der Waals surface area contributed by atoms with E-state index in [2.05, 4.69) is 26.4 Å². The number of H-pyrrole nitrogens is 1. The van der Waals surface area contributed by atoms with Crippen LogP contribution in [0.2, 0.25) is 0 Å². The Balaban J connectivity index is 2.65. The first-order chi connectivity index (χ1) is 5.38. The first-order valence-corrected chi connectivity index (χ1v) is 3.43. The molecule has 0 aliphatic carbocycles. The van der Waals surface area contributed by atoms with Gasteiger partial charge >= 0.3 is 0 Å². The number of hydrogen-bond donors (Lipinski definition) is 2. The quantitative estimate of drug-likeness (QED) is 0.600. The van der Waals surface area contributed by atoms with Gasteiger partial charge in [0.2, 0.25) is 0 Å². The lowest BCUT2D eigenvalue weighted by Gasteiger charge is -2.05. The summed E-state index contributed by atoms with van der Waals surface area (Å²) >= 11 is 0. The van der Waals surface area contributed by atoms with E-state index in [9.17, 15) is 0 Å². The molecule has 0 saturated carbocycles. The van der Waals surface area contributed by atoms with Crippen LogP contribution < -0.4 is 5.32 Å². The third kappa shape index (κ3) is 1.79. The first kappa shape index (κ1) is 7.76. The molecule has 0 aliphatic heterocycles. The Bertz CT molecular complexity index is 233. The number of nitrogens with one attached hydrogen (secondary N) is 2. The summed E-state index contributed by atoms with van der Waals surface area (Å²) in [6.07, 6.45) is 6.69. The van der Waals surface area contributed by atoms with Crippen molar-refractivity contribution in [3.63, 3.8) is 0 Å². The smallest absolute Gasteiger partial charge is 0.153 e. The van der Waals surface area contributed by atoms with E-state index in [4.69, 9.17) is 6.42 Å². The molecule has 0 fully saturated rings. The molecule has 11 heavy (non-hydrogen) atoms. The molecule has 58 valence electrons. The number of terminal acetylenes is 1. The van der Waals surface area contributed by atoms with Crippen LogP contribution in [0.1, 0.15) is 18.8 Å². The highest BCUT2D eigenvalue weighted by Gasteiger charge is 2.07. The number of nitrogens with zero attached hydrogens (tertiary/aromatic N) is 2. The summed E-state index contributed by atoms with van der Waals surface area (Å²) in [6.45, 7) is 2.80. The van der Waals surface area contributed by atoms with Crippen molar-refractivity contribution in [2.24, 2.45) is 0 Å². The van der Waals surface area contributed by atoms with Gasteiger partial charge in [0.15, 0.2) is 5.82 Å². The normalized spacial score (nSPS) is 12.4. The summed E-state index contributed by atoms with van der Waals surface area (Å²) in [5.74, 6) is 3.25. The molecule has 4 heteroatoms. The van der Waals surface area contributed by atoms with E-state index in [0.29, 0.717) is 5.82 Å². The molecular weight excluding hydrogens is 140 g/mol. The third-order valence-corrected chi connectivity index (χ3v) is 1.28. The van der Waals surface area contributed by atoms with Crippen molar-refractivity contribution in [3.05, 3.63) is 12.2 Å². The van der Waals surface area contributed by atoms with E-state index in [-0.39, 0.29) is 6.04 Å². The van der Waals surface area contributed by atoms with E-state index >= 15 is 0 Å². The molecule has 1 aromatic heterocycles. The van der Waals surface area contributed by atoms with Crippen molar-refractivity contribution in [2.45, 2.75) is 13.0 Å². The molecule has 2 N–H and O–H groups in total. The molecule has 0 saturated heterocycles. The highest BCUT2D eigenvalue weighted by Crippen LogP contribution is 2.02. The van der Waals surface area contributed by atoms with Gasteiger partial charge in [0.25, 0.3) is 0 Å². The van der Waals surface area contributed by atoms with Gasteiger partial charge in [-0.15, -0.1) is 6.42 Å². The molecule has 1 heterocycles. The molecule has 0 radical (unpaired) electrons. The third-order valence-electron chi connectivity index (χ3n) is 1.28. The minimum Gasteiger partial charge on any atom is -0.298 e. The zero-order valence-electron chi connectivity index (χ0n) is 6.33. The van der Waals surface area contributed by atoms with E-state index in [0.717, 1.165) is 6.54 Å². The van der Waals surface area contributed by atoms with Gasteiger partial charge in [-0.25, -0.2) is 4.98 Å². The van der Waals surface area contributed by atoms with E-state index < -0.39 is 0 Å². The van der Waals surface area contributed by atoms with E-state index in [1.807, 2.05) is 6.92 Å². The molecule has 0 amide bonds. The molecule has 1 rings (SSSR count).